The molecule has 260 valence electrons. The summed E-state index contributed by atoms with van der Waals surface area (Å²) in [7, 11) is 0. The molecule has 10 rings (SSSR count). The van der Waals surface area contributed by atoms with Gasteiger partial charge in [0.1, 0.15) is 0 Å². The second-order valence-corrected chi connectivity index (χ2v) is 15.2. The van der Waals surface area contributed by atoms with Crippen LogP contribution in [0.15, 0.2) is 169 Å². The maximum atomic E-state index is 2.47. The summed E-state index contributed by atoms with van der Waals surface area (Å²) >= 11 is 0. The Morgan fingerprint density at radius 1 is 0.426 bits per heavy atom. The van der Waals surface area contributed by atoms with E-state index in [0.29, 0.717) is 0 Å². The van der Waals surface area contributed by atoms with E-state index in [4.69, 9.17) is 0 Å². The minimum Gasteiger partial charge on any atom is -0.310 e. The summed E-state index contributed by atoms with van der Waals surface area (Å²) in [6.07, 6.45) is 13.4. The first-order valence-electron chi connectivity index (χ1n) is 19.6. The third-order valence-electron chi connectivity index (χ3n) is 12.0. The lowest BCUT2D eigenvalue weighted by Gasteiger charge is -2.32. The fourth-order valence-corrected chi connectivity index (χ4v) is 9.38. The number of hydrogen-bond acceptors (Lipinski definition) is 1. The van der Waals surface area contributed by atoms with E-state index in [-0.39, 0.29) is 5.41 Å². The van der Waals surface area contributed by atoms with E-state index < -0.39 is 0 Å². The Morgan fingerprint density at radius 2 is 0.870 bits per heavy atom. The van der Waals surface area contributed by atoms with Crippen LogP contribution in [0.25, 0.3) is 40.5 Å². The van der Waals surface area contributed by atoms with E-state index in [1.807, 2.05) is 0 Å². The normalized spacial score (nSPS) is 14.8. The summed E-state index contributed by atoms with van der Waals surface area (Å²) in [5.41, 5.74) is 20.3. The Labute approximate surface area is 319 Å². The molecule has 0 heterocycles. The van der Waals surface area contributed by atoms with Crippen LogP contribution in [0.1, 0.15) is 76.6 Å². The maximum absolute atomic E-state index is 2.47. The van der Waals surface area contributed by atoms with Gasteiger partial charge in [0.05, 0.1) is 5.41 Å². The van der Waals surface area contributed by atoms with Crippen molar-refractivity contribution in [1.82, 2.24) is 0 Å². The highest BCUT2D eigenvalue weighted by Gasteiger charge is 2.51. The van der Waals surface area contributed by atoms with Gasteiger partial charge in [0.15, 0.2) is 0 Å². The molecule has 0 N–H and O–H groups in total. The van der Waals surface area contributed by atoms with E-state index in [1.54, 1.807) is 5.57 Å². The molecule has 1 spiro atoms. The zero-order valence-electron chi connectivity index (χ0n) is 30.8. The van der Waals surface area contributed by atoms with Gasteiger partial charge in [-0.1, -0.05) is 163 Å². The van der Waals surface area contributed by atoms with Crippen LogP contribution in [0.4, 0.5) is 17.1 Å². The number of fused-ring (bicyclic) bond motifs is 10. The van der Waals surface area contributed by atoms with Gasteiger partial charge in [-0.2, -0.15) is 0 Å². The van der Waals surface area contributed by atoms with Crippen molar-refractivity contribution in [1.29, 1.82) is 0 Å². The predicted molar refractivity (Wildman–Crippen MR) is 229 cm³/mol. The number of rotatable bonds is 6. The van der Waals surface area contributed by atoms with Gasteiger partial charge in [0, 0.05) is 17.1 Å². The SMILES string of the molecule is Cc1ccc(N(c2ccc(/C=C/c3ccc(C=C4CCCCC4)cc3)cc2)c2ccc3c(c2)C2(c4ccccc4-c4ccccc42)c2ccccc2-3)cc1. The van der Waals surface area contributed by atoms with E-state index in [0.717, 1.165) is 17.1 Å². The molecule has 3 aliphatic rings. The standard InChI is InChI=1S/C53H43N/c1-37-19-29-42(30-20-37)54(43-31-27-39(28-32-43)22-21-38-23-25-41(26-24-38)35-40-11-3-2-4-12-40)44-33-34-48-47-15-7-10-18-51(47)53(52(48)36-44)49-16-8-5-13-45(49)46-14-6-9-17-50(46)53/h5-10,13-36H,2-4,11-12H2,1H3/b22-21+. The monoisotopic (exact) mass is 693 g/mol. The first-order chi connectivity index (χ1) is 26.7. The van der Waals surface area contributed by atoms with Crippen LogP contribution in [0.3, 0.4) is 0 Å². The molecule has 54 heavy (non-hydrogen) atoms. The van der Waals surface area contributed by atoms with Crippen molar-refractivity contribution in [3.8, 4) is 22.3 Å². The molecule has 1 fully saturated rings. The molecule has 1 saturated carbocycles. The number of allylic oxidation sites excluding steroid dienone is 1. The number of aryl methyl sites for hydroxylation is 1. The fraction of sp³-hybridized carbons (Fsp3) is 0.132. The number of anilines is 3. The number of nitrogens with zero attached hydrogens (tertiary/aromatic N) is 1. The molecule has 1 nitrogen and oxygen atoms in total. The second kappa shape index (κ2) is 13.3. The Bertz CT molecular complexity index is 2490. The molecule has 7 aromatic carbocycles. The minimum absolute atomic E-state index is 0.381. The van der Waals surface area contributed by atoms with Crippen molar-refractivity contribution in [3.63, 3.8) is 0 Å². The summed E-state index contributed by atoms with van der Waals surface area (Å²) in [5.74, 6) is 0. The lowest BCUT2D eigenvalue weighted by Crippen LogP contribution is -2.26. The van der Waals surface area contributed by atoms with Crippen molar-refractivity contribution in [2.75, 3.05) is 4.90 Å². The number of hydrogen-bond donors (Lipinski definition) is 0. The average molecular weight is 694 g/mol. The third kappa shape index (κ3) is 5.38. The summed E-state index contributed by atoms with van der Waals surface area (Å²) in [4.78, 5) is 2.41. The summed E-state index contributed by atoms with van der Waals surface area (Å²) in [6.45, 7) is 2.15. The summed E-state index contributed by atoms with van der Waals surface area (Å²) < 4.78 is 0. The van der Waals surface area contributed by atoms with Crippen molar-refractivity contribution >= 4 is 35.3 Å². The van der Waals surface area contributed by atoms with Crippen LogP contribution in [0, 0.1) is 6.92 Å². The Morgan fingerprint density at radius 3 is 1.43 bits per heavy atom. The van der Waals surface area contributed by atoms with Crippen LogP contribution in [-0.2, 0) is 5.41 Å². The molecule has 7 aromatic rings. The van der Waals surface area contributed by atoms with Crippen molar-refractivity contribution in [2.45, 2.75) is 44.4 Å². The van der Waals surface area contributed by atoms with Gasteiger partial charge in [-0.15, -0.1) is 0 Å². The Kier molecular flexibility index (Phi) is 8.02. The first kappa shape index (κ1) is 32.5. The topological polar surface area (TPSA) is 3.24 Å². The van der Waals surface area contributed by atoms with Gasteiger partial charge in [0.25, 0.3) is 0 Å². The van der Waals surface area contributed by atoms with Gasteiger partial charge in [-0.25, -0.2) is 0 Å². The molecule has 0 unspecified atom stereocenters. The summed E-state index contributed by atoms with van der Waals surface area (Å²) in [6, 6.07) is 61.1. The van der Waals surface area contributed by atoms with Gasteiger partial charge < -0.3 is 4.90 Å². The third-order valence-corrected chi connectivity index (χ3v) is 12.0. The van der Waals surface area contributed by atoms with Crippen molar-refractivity contribution in [3.05, 3.63) is 214 Å². The maximum Gasteiger partial charge on any atom is 0.0726 e. The summed E-state index contributed by atoms with van der Waals surface area (Å²) in [5, 5.41) is 0. The zero-order chi connectivity index (χ0) is 36.1. The highest BCUT2D eigenvalue weighted by Crippen LogP contribution is 2.63. The quantitative estimate of drug-likeness (QED) is 0.157. The number of benzene rings is 7. The molecule has 0 aliphatic heterocycles. The Balaban J connectivity index is 1.04. The van der Waals surface area contributed by atoms with Crippen molar-refractivity contribution in [2.24, 2.45) is 0 Å². The lowest BCUT2D eigenvalue weighted by molar-refractivity contribution is 0.602. The van der Waals surface area contributed by atoms with Gasteiger partial charge in [0.2, 0.25) is 0 Å². The molecular weight excluding hydrogens is 651 g/mol. The highest BCUT2D eigenvalue weighted by molar-refractivity contribution is 5.96. The Hall–Kier alpha value is -6.18. The van der Waals surface area contributed by atoms with E-state index in [9.17, 15) is 0 Å². The van der Waals surface area contributed by atoms with Crippen LogP contribution in [0.2, 0.25) is 0 Å². The molecule has 0 aromatic heterocycles. The van der Waals surface area contributed by atoms with Gasteiger partial charge >= 0.3 is 0 Å². The molecule has 1 heteroatoms. The smallest absolute Gasteiger partial charge is 0.0726 e. The highest BCUT2D eigenvalue weighted by atomic mass is 15.1. The lowest BCUT2D eigenvalue weighted by atomic mass is 9.70. The molecule has 0 bridgehead atoms. The van der Waals surface area contributed by atoms with E-state index in [2.05, 4.69) is 194 Å². The molecule has 0 saturated heterocycles. The van der Waals surface area contributed by atoms with Crippen LogP contribution in [-0.4, -0.2) is 0 Å². The zero-order valence-corrected chi connectivity index (χ0v) is 30.8. The van der Waals surface area contributed by atoms with Gasteiger partial charge in [-0.05, 0) is 130 Å². The van der Waals surface area contributed by atoms with E-state index in [1.165, 1.54) is 98.9 Å². The first-order valence-corrected chi connectivity index (χ1v) is 19.6. The molecule has 0 atom stereocenters. The van der Waals surface area contributed by atoms with Crippen molar-refractivity contribution < 1.29 is 0 Å². The van der Waals surface area contributed by atoms with E-state index >= 15 is 0 Å². The molecular formula is C53H43N. The molecule has 3 aliphatic carbocycles. The largest absolute Gasteiger partial charge is 0.310 e. The fourth-order valence-electron chi connectivity index (χ4n) is 9.38. The average Bonchev–Trinajstić information content (AvgIpc) is 3.69. The second-order valence-electron chi connectivity index (χ2n) is 15.2. The van der Waals surface area contributed by atoms with Crippen LogP contribution >= 0.6 is 0 Å². The van der Waals surface area contributed by atoms with Crippen LogP contribution < -0.4 is 4.90 Å². The minimum atomic E-state index is -0.381. The molecule has 0 amide bonds. The van der Waals surface area contributed by atoms with Crippen LogP contribution in [0.5, 0.6) is 0 Å². The predicted octanol–water partition coefficient (Wildman–Crippen LogP) is 14.3. The van der Waals surface area contributed by atoms with Gasteiger partial charge in [-0.3, -0.25) is 0 Å². The molecule has 0 radical (unpaired) electrons.